The van der Waals surface area contributed by atoms with E-state index in [4.69, 9.17) is 11.6 Å². The highest BCUT2D eigenvalue weighted by molar-refractivity contribution is 6.34. The van der Waals surface area contributed by atoms with E-state index < -0.39 is 29.7 Å². The number of nitrogens with one attached hydrogen (secondary N) is 1. The molecule has 0 radical (unpaired) electrons. The fourth-order valence-corrected chi connectivity index (χ4v) is 4.87. The number of aryl methyl sites for hydroxylation is 1. The molecule has 7 nitrogen and oxygen atoms in total. The van der Waals surface area contributed by atoms with Crippen molar-refractivity contribution in [3.63, 3.8) is 0 Å². The van der Waals surface area contributed by atoms with Crippen LogP contribution >= 0.6 is 11.6 Å². The Morgan fingerprint density at radius 2 is 1.90 bits per heavy atom. The van der Waals surface area contributed by atoms with Crippen molar-refractivity contribution >= 4 is 40.4 Å². The largest absolute Gasteiger partial charge is 0.392 e. The molecule has 0 bridgehead atoms. The number of para-hydroxylation sites is 1. The normalized spacial score (nSPS) is 15.4. The molecule has 2 heterocycles. The molecule has 3 aromatic carbocycles. The lowest BCUT2D eigenvalue weighted by molar-refractivity contribution is -0.112. The molecular formula is C30H25ClF2N4O3. The number of aromatic nitrogens is 2. The second kappa shape index (κ2) is 11.0. The smallest absolute Gasteiger partial charge is 0.275 e. The van der Waals surface area contributed by atoms with Gasteiger partial charge in [0.1, 0.15) is 0 Å². The van der Waals surface area contributed by atoms with Gasteiger partial charge >= 0.3 is 0 Å². The van der Waals surface area contributed by atoms with Gasteiger partial charge in [0.25, 0.3) is 11.8 Å². The zero-order valence-corrected chi connectivity index (χ0v) is 22.2. The predicted octanol–water partition coefficient (Wildman–Crippen LogP) is 6.03. The van der Waals surface area contributed by atoms with Gasteiger partial charge in [-0.05, 0) is 55.0 Å². The molecule has 2 amide bonds. The Bertz CT molecular complexity index is 1630. The molecule has 0 aliphatic carbocycles. The standard InChI is InChI=1S/C30H25ClF2N4O3/c1-19-11-13-37(35-19)22-9-10-24(26(31)16-22)29(40)36-14-12-30(32,33)25(23-7-2-3-8-27(23)36)17-28(39)34-21-6-4-5-20(15-21)18-38/h2-11,13,15-17,38H,12,14,18H2,1H3,(H,34,39). The van der Waals surface area contributed by atoms with Crippen LogP contribution in [-0.4, -0.2) is 39.2 Å². The number of carbonyl (C=O) groups is 2. The topological polar surface area (TPSA) is 87.5 Å². The molecule has 1 aliphatic heterocycles. The molecule has 0 spiro atoms. The SMILES string of the molecule is Cc1ccn(-c2ccc(C(=O)N3CCC(F)(F)C(=CC(=O)Nc4cccc(CO)c4)c4ccccc43)c(Cl)c2)n1. The molecular weight excluding hydrogens is 538 g/mol. The van der Waals surface area contributed by atoms with Crippen LogP contribution in [0.25, 0.3) is 11.3 Å². The third kappa shape index (κ3) is 5.52. The molecule has 204 valence electrons. The molecule has 2 N–H and O–H groups in total. The van der Waals surface area contributed by atoms with E-state index in [1.54, 1.807) is 71.5 Å². The lowest BCUT2D eigenvalue weighted by atomic mass is 9.97. The van der Waals surface area contributed by atoms with Gasteiger partial charge < -0.3 is 15.3 Å². The Labute approximate surface area is 234 Å². The minimum Gasteiger partial charge on any atom is -0.392 e. The van der Waals surface area contributed by atoms with Gasteiger partial charge in [0, 0.05) is 42.1 Å². The zero-order chi connectivity index (χ0) is 28.4. The lowest BCUT2D eigenvalue weighted by Gasteiger charge is -2.23. The minimum atomic E-state index is -3.40. The summed E-state index contributed by atoms with van der Waals surface area (Å²) >= 11 is 6.50. The Kier molecular flexibility index (Phi) is 7.51. The van der Waals surface area contributed by atoms with E-state index in [0.717, 1.165) is 11.8 Å². The summed E-state index contributed by atoms with van der Waals surface area (Å²) in [4.78, 5) is 27.8. The summed E-state index contributed by atoms with van der Waals surface area (Å²) in [5.74, 6) is -4.70. The summed E-state index contributed by atoms with van der Waals surface area (Å²) in [6.07, 6.45) is 1.93. The van der Waals surface area contributed by atoms with Crippen molar-refractivity contribution in [2.75, 3.05) is 16.8 Å². The van der Waals surface area contributed by atoms with Crippen LogP contribution in [0.1, 0.15) is 33.6 Å². The Hall–Kier alpha value is -4.34. The van der Waals surface area contributed by atoms with Crippen LogP contribution in [-0.2, 0) is 11.4 Å². The Morgan fingerprint density at radius 3 is 2.62 bits per heavy atom. The number of hydrogen-bond donors (Lipinski definition) is 2. The van der Waals surface area contributed by atoms with E-state index in [1.807, 2.05) is 13.0 Å². The number of halogens is 3. The summed E-state index contributed by atoms with van der Waals surface area (Å²) in [7, 11) is 0. The average molecular weight is 563 g/mol. The van der Waals surface area contributed by atoms with Gasteiger partial charge in [0.05, 0.1) is 34.3 Å². The first-order valence-corrected chi connectivity index (χ1v) is 12.9. The summed E-state index contributed by atoms with van der Waals surface area (Å²) in [5.41, 5.74) is 2.36. The van der Waals surface area contributed by atoms with Crippen molar-refractivity contribution in [3.8, 4) is 5.69 Å². The van der Waals surface area contributed by atoms with E-state index >= 15 is 8.78 Å². The number of benzene rings is 3. The monoisotopic (exact) mass is 562 g/mol. The number of rotatable bonds is 5. The molecule has 40 heavy (non-hydrogen) atoms. The molecule has 0 fully saturated rings. The maximum absolute atomic E-state index is 15.5. The van der Waals surface area contributed by atoms with E-state index in [2.05, 4.69) is 10.4 Å². The minimum absolute atomic E-state index is 0.0670. The van der Waals surface area contributed by atoms with E-state index in [1.165, 1.54) is 11.0 Å². The van der Waals surface area contributed by atoms with Crippen LogP contribution in [0.15, 0.2) is 85.1 Å². The number of hydrogen-bond acceptors (Lipinski definition) is 4. The van der Waals surface area contributed by atoms with Crippen molar-refractivity contribution in [1.82, 2.24) is 9.78 Å². The molecule has 0 saturated heterocycles. The highest BCUT2D eigenvalue weighted by atomic mass is 35.5. The number of aliphatic hydroxyl groups is 1. The van der Waals surface area contributed by atoms with Crippen LogP contribution in [0.4, 0.5) is 20.2 Å². The number of fused-ring (bicyclic) bond motifs is 1. The van der Waals surface area contributed by atoms with Gasteiger partial charge in [-0.3, -0.25) is 9.59 Å². The number of amides is 2. The fourth-order valence-electron chi connectivity index (χ4n) is 4.62. The van der Waals surface area contributed by atoms with Gasteiger partial charge in [-0.25, -0.2) is 13.5 Å². The van der Waals surface area contributed by atoms with Gasteiger partial charge in [0.15, 0.2) is 0 Å². The summed E-state index contributed by atoms with van der Waals surface area (Å²) in [6, 6.07) is 19.4. The van der Waals surface area contributed by atoms with E-state index in [9.17, 15) is 14.7 Å². The zero-order valence-electron chi connectivity index (χ0n) is 21.4. The number of anilines is 2. The fraction of sp³-hybridized carbons (Fsp3) is 0.167. The number of allylic oxidation sites excluding steroid dienone is 1. The number of carbonyl (C=O) groups excluding carboxylic acids is 2. The van der Waals surface area contributed by atoms with Gasteiger partial charge in [-0.1, -0.05) is 41.9 Å². The van der Waals surface area contributed by atoms with Crippen molar-refractivity contribution in [2.45, 2.75) is 25.9 Å². The van der Waals surface area contributed by atoms with Crippen molar-refractivity contribution < 1.29 is 23.5 Å². The second-order valence-electron chi connectivity index (χ2n) is 9.40. The lowest BCUT2D eigenvalue weighted by Crippen LogP contribution is -2.33. The van der Waals surface area contributed by atoms with E-state index in [-0.39, 0.29) is 35.0 Å². The summed E-state index contributed by atoms with van der Waals surface area (Å²) in [6.45, 7) is 1.33. The maximum atomic E-state index is 15.5. The molecule has 1 aromatic heterocycles. The second-order valence-corrected chi connectivity index (χ2v) is 9.81. The van der Waals surface area contributed by atoms with Crippen LogP contribution in [0, 0.1) is 6.92 Å². The highest BCUT2D eigenvalue weighted by Crippen LogP contribution is 2.43. The molecule has 10 heteroatoms. The van der Waals surface area contributed by atoms with Crippen LogP contribution in [0.2, 0.25) is 5.02 Å². The molecule has 0 atom stereocenters. The highest BCUT2D eigenvalue weighted by Gasteiger charge is 2.41. The first-order valence-electron chi connectivity index (χ1n) is 12.5. The summed E-state index contributed by atoms with van der Waals surface area (Å²) in [5, 5.41) is 16.4. The predicted molar refractivity (Wildman–Crippen MR) is 150 cm³/mol. The maximum Gasteiger partial charge on any atom is 0.275 e. The van der Waals surface area contributed by atoms with Crippen molar-refractivity contribution in [2.24, 2.45) is 0 Å². The average Bonchev–Trinajstić information content (AvgIpc) is 3.34. The molecule has 4 aromatic rings. The Morgan fingerprint density at radius 1 is 1.10 bits per heavy atom. The molecule has 5 rings (SSSR count). The third-order valence-electron chi connectivity index (χ3n) is 6.60. The van der Waals surface area contributed by atoms with Crippen LogP contribution < -0.4 is 10.2 Å². The van der Waals surface area contributed by atoms with Crippen LogP contribution in [0.5, 0.6) is 0 Å². The first-order chi connectivity index (χ1) is 19.2. The van der Waals surface area contributed by atoms with Gasteiger partial charge in [-0.2, -0.15) is 5.10 Å². The molecule has 0 unspecified atom stereocenters. The number of nitrogens with zero attached hydrogens (tertiary/aromatic N) is 3. The van der Waals surface area contributed by atoms with Crippen LogP contribution in [0.3, 0.4) is 0 Å². The van der Waals surface area contributed by atoms with Gasteiger partial charge in [-0.15, -0.1) is 0 Å². The quantitative estimate of drug-likeness (QED) is 0.291. The summed E-state index contributed by atoms with van der Waals surface area (Å²) < 4.78 is 32.7. The Balaban J connectivity index is 1.48. The van der Waals surface area contributed by atoms with Gasteiger partial charge in [0.2, 0.25) is 5.91 Å². The first kappa shape index (κ1) is 27.2. The third-order valence-corrected chi connectivity index (χ3v) is 6.91. The number of alkyl halides is 2. The van der Waals surface area contributed by atoms with E-state index in [0.29, 0.717) is 16.9 Å². The van der Waals surface area contributed by atoms with Crippen molar-refractivity contribution in [1.29, 1.82) is 0 Å². The molecule has 0 saturated carbocycles. The number of aliphatic hydroxyl groups excluding tert-OH is 1. The molecule has 1 aliphatic rings. The van der Waals surface area contributed by atoms with Crippen molar-refractivity contribution in [3.05, 3.63) is 112 Å².